The molecule has 0 aromatic heterocycles. The number of carboxylic acid groups (broad SMARTS) is 1. The molecule has 1 N–H and O–H groups in total. The van der Waals surface area contributed by atoms with Gasteiger partial charge in [-0.2, -0.15) is 0 Å². The summed E-state index contributed by atoms with van der Waals surface area (Å²) < 4.78 is 0. The zero-order valence-electron chi connectivity index (χ0n) is 13.0. The van der Waals surface area contributed by atoms with E-state index < -0.39 is 5.97 Å². The number of unbranched alkanes of at least 4 members (excludes halogenated alkanes) is 1. The third-order valence-corrected chi connectivity index (χ3v) is 4.20. The van der Waals surface area contributed by atoms with E-state index in [1.165, 1.54) is 23.1 Å². The fourth-order valence-electron chi connectivity index (χ4n) is 2.77. The van der Waals surface area contributed by atoms with Gasteiger partial charge in [0.2, 0.25) is 0 Å². The van der Waals surface area contributed by atoms with Crippen molar-refractivity contribution >= 4 is 17.8 Å². The van der Waals surface area contributed by atoms with E-state index in [1.807, 2.05) is 0 Å². The van der Waals surface area contributed by atoms with Gasteiger partial charge >= 0.3 is 5.97 Å². The van der Waals surface area contributed by atoms with Crippen LogP contribution < -0.4 is 0 Å². The summed E-state index contributed by atoms with van der Waals surface area (Å²) in [6.07, 6.45) is 4.06. The lowest BCUT2D eigenvalue weighted by Gasteiger charge is -2.21. The van der Waals surface area contributed by atoms with Gasteiger partial charge in [-0.25, -0.2) is 4.79 Å². The molecule has 0 fully saturated rings. The standard InChI is InChI=1S/C17H21NO4/c1-3-5-6-11(4-2)10-18-15(19)13-8-7-12(17(21)22)9-14(13)16(18)20/h7-9,11H,3-6,10H2,1-2H3,(H,21,22). The van der Waals surface area contributed by atoms with Crippen LogP contribution in [0.4, 0.5) is 0 Å². The van der Waals surface area contributed by atoms with E-state index in [-0.39, 0.29) is 22.9 Å². The first-order valence-corrected chi connectivity index (χ1v) is 7.73. The van der Waals surface area contributed by atoms with Gasteiger partial charge in [-0.3, -0.25) is 14.5 Å². The molecule has 22 heavy (non-hydrogen) atoms. The lowest BCUT2D eigenvalue weighted by Crippen LogP contribution is -2.34. The van der Waals surface area contributed by atoms with Crippen LogP contribution in [-0.2, 0) is 0 Å². The molecule has 0 aliphatic carbocycles. The number of carbonyl (C=O) groups is 3. The first kappa shape index (κ1) is 16.2. The third kappa shape index (κ3) is 3.03. The Kier molecular flexibility index (Phi) is 4.96. The van der Waals surface area contributed by atoms with Crippen LogP contribution in [0.15, 0.2) is 18.2 Å². The molecular formula is C17H21NO4. The van der Waals surface area contributed by atoms with Crippen molar-refractivity contribution in [2.24, 2.45) is 5.92 Å². The Labute approximate surface area is 129 Å². The van der Waals surface area contributed by atoms with E-state index in [4.69, 9.17) is 5.11 Å². The zero-order chi connectivity index (χ0) is 16.3. The van der Waals surface area contributed by atoms with Gasteiger partial charge in [0.15, 0.2) is 0 Å². The van der Waals surface area contributed by atoms with E-state index in [1.54, 1.807) is 0 Å². The van der Waals surface area contributed by atoms with Crippen LogP contribution in [-0.4, -0.2) is 34.3 Å². The van der Waals surface area contributed by atoms with Gasteiger partial charge in [-0.15, -0.1) is 0 Å². The lowest BCUT2D eigenvalue weighted by atomic mass is 9.99. The summed E-state index contributed by atoms with van der Waals surface area (Å²) in [5.74, 6) is -1.50. The number of hydrogen-bond acceptors (Lipinski definition) is 3. The van der Waals surface area contributed by atoms with Gasteiger partial charge in [-0.1, -0.05) is 33.1 Å². The number of nitrogens with zero attached hydrogens (tertiary/aromatic N) is 1. The topological polar surface area (TPSA) is 74.7 Å². The Balaban J connectivity index is 2.21. The molecule has 0 saturated heterocycles. The number of carbonyl (C=O) groups excluding carboxylic acids is 2. The van der Waals surface area contributed by atoms with E-state index in [0.29, 0.717) is 18.0 Å². The largest absolute Gasteiger partial charge is 0.478 e. The molecule has 5 nitrogen and oxygen atoms in total. The predicted octanol–water partition coefficient (Wildman–Crippen LogP) is 3.20. The Bertz CT molecular complexity index is 609. The summed E-state index contributed by atoms with van der Waals surface area (Å²) in [6, 6.07) is 4.10. The number of imide groups is 1. The summed E-state index contributed by atoms with van der Waals surface area (Å²) >= 11 is 0. The van der Waals surface area contributed by atoms with Crippen LogP contribution in [0.25, 0.3) is 0 Å². The van der Waals surface area contributed by atoms with E-state index in [9.17, 15) is 14.4 Å². The van der Waals surface area contributed by atoms with Crippen molar-refractivity contribution in [1.82, 2.24) is 4.90 Å². The molecular weight excluding hydrogens is 282 g/mol. The summed E-state index contributed by atoms with van der Waals surface area (Å²) in [5.41, 5.74) is 0.537. The maximum Gasteiger partial charge on any atom is 0.335 e. The minimum absolute atomic E-state index is 0.0276. The predicted molar refractivity (Wildman–Crippen MR) is 82.1 cm³/mol. The van der Waals surface area contributed by atoms with Crippen LogP contribution in [0.2, 0.25) is 0 Å². The van der Waals surface area contributed by atoms with Gasteiger partial charge in [0, 0.05) is 6.54 Å². The van der Waals surface area contributed by atoms with Gasteiger partial charge in [0.05, 0.1) is 16.7 Å². The van der Waals surface area contributed by atoms with Gasteiger partial charge < -0.3 is 5.11 Å². The van der Waals surface area contributed by atoms with Gasteiger partial charge in [-0.05, 0) is 30.5 Å². The first-order chi connectivity index (χ1) is 10.5. The number of rotatable bonds is 7. The second-order valence-electron chi connectivity index (χ2n) is 5.70. The van der Waals surface area contributed by atoms with Crippen molar-refractivity contribution in [3.63, 3.8) is 0 Å². The van der Waals surface area contributed by atoms with Crippen LogP contribution >= 0.6 is 0 Å². The normalized spacial score (nSPS) is 15.1. The molecule has 0 spiro atoms. The quantitative estimate of drug-likeness (QED) is 0.785. The van der Waals surface area contributed by atoms with E-state index in [2.05, 4.69) is 13.8 Å². The van der Waals surface area contributed by atoms with Crippen LogP contribution in [0, 0.1) is 5.92 Å². The number of fused-ring (bicyclic) bond motifs is 1. The molecule has 1 heterocycles. The minimum atomic E-state index is -1.10. The van der Waals surface area contributed by atoms with Crippen LogP contribution in [0.5, 0.6) is 0 Å². The van der Waals surface area contributed by atoms with Crippen molar-refractivity contribution in [3.8, 4) is 0 Å². The average molecular weight is 303 g/mol. The summed E-state index contributed by atoms with van der Waals surface area (Å²) in [7, 11) is 0. The van der Waals surface area contributed by atoms with Gasteiger partial charge in [0.25, 0.3) is 11.8 Å². The third-order valence-electron chi connectivity index (χ3n) is 4.20. The molecule has 1 aromatic carbocycles. The second kappa shape index (κ2) is 6.73. The molecule has 1 unspecified atom stereocenters. The number of carboxylic acids is 1. The number of benzene rings is 1. The van der Waals surface area contributed by atoms with Crippen LogP contribution in [0.3, 0.4) is 0 Å². The fourth-order valence-corrected chi connectivity index (χ4v) is 2.77. The second-order valence-corrected chi connectivity index (χ2v) is 5.70. The van der Waals surface area contributed by atoms with Gasteiger partial charge in [0.1, 0.15) is 0 Å². The molecule has 118 valence electrons. The van der Waals surface area contributed by atoms with Crippen molar-refractivity contribution in [2.45, 2.75) is 39.5 Å². The van der Waals surface area contributed by atoms with Crippen molar-refractivity contribution in [3.05, 3.63) is 34.9 Å². The Morgan fingerprint density at radius 2 is 1.86 bits per heavy atom. The summed E-state index contributed by atoms with van der Waals surface area (Å²) in [4.78, 5) is 37.1. The number of amides is 2. The minimum Gasteiger partial charge on any atom is -0.478 e. The molecule has 1 aliphatic rings. The Hall–Kier alpha value is -2.17. The highest BCUT2D eigenvalue weighted by molar-refractivity contribution is 6.21. The average Bonchev–Trinajstić information content (AvgIpc) is 2.75. The maximum absolute atomic E-state index is 12.4. The van der Waals surface area contributed by atoms with Crippen LogP contribution in [0.1, 0.15) is 70.6 Å². The molecule has 2 amide bonds. The number of aromatic carboxylic acids is 1. The summed E-state index contributed by atoms with van der Waals surface area (Å²) in [5, 5.41) is 9.00. The highest BCUT2D eigenvalue weighted by atomic mass is 16.4. The highest BCUT2D eigenvalue weighted by Gasteiger charge is 2.36. The summed E-state index contributed by atoms with van der Waals surface area (Å²) in [6.45, 7) is 4.58. The molecule has 1 aromatic rings. The molecule has 2 rings (SSSR count). The maximum atomic E-state index is 12.4. The smallest absolute Gasteiger partial charge is 0.335 e. The van der Waals surface area contributed by atoms with Crippen molar-refractivity contribution in [2.75, 3.05) is 6.54 Å². The molecule has 1 aliphatic heterocycles. The Morgan fingerprint density at radius 1 is 1.18 bits per heavy atom. The molecule has 5 heteroatoms. The molecule has 1 atom stereocenters. The number of hydrogen-bond donors (Lipinski definition) is 1. The molecule has 0 bridgehead atoms. The zero-order valence-corrected chi connectivity index (χ0v) is 13.0. The lowest BCUT2D eigenvalue weighted by molar-refractivity contribution is 0.0623. The van der Waals surface area contributed by atoms with E-state index >= 15 is 0 Å². The van der Waals surface area contributed by atoms with Crippen molar-refractivity contribution in [1.29, 1.82) is 0 Å². The van der Waals surface area contributed by atoms with E-state index in [0.717, 1.165) is 25.7 Å². The highest BCUT2D eigenvalue weighted by Crippen LogP contribution is 2.26. The molecule has 0 radical (unpaired) electrons. The Morgan fingerprint density at radius 3 is 2.45 bits per heavy atom. The monoisotopic (exact) mass is 303 g/mol. The molecule has 0 saturated carbocycles. The SMILES string of the molecule is CCCCC(CC)CN1C(=O)c2ccc(C(=O)O)cc2C1=O. The van der Waals surface area contributed by atoms with Crippen molar-refractivity contribution < 1.29 is 19.5 Å². The first-order valence-electron chi connectivity index (χ1n) is 7.73. The fraction of sp³-hybridized carbons (Fsp3) is 0.471.